The summed E-state index contributed by atoms with van der Waals surface area (Å²) in [5, 5.41) is 14.8. The standard InChI is InChI=1S/C20H29N5O/c1-15-13-19(20(26)23-8-7-21)25(14-15)16(2)17-3-5-18(6-4-17)24-11-9-22-10-12-24/h3-6,15-16,19,22H,8-14H2,1-2H3,(H,23,26)/t15?,16-,19-/m0/s1. The van der Waals surface area contributed by atoms with Crippen LogP contribution < -0.4 is 15.5 Å². The van der Waals surface area contributed by atoms with E-state index in [4.69, 9.17) is 5.26 Å². The van der Waals surface area contributed by atoms with Gasteiger partial charge in [-0.05, 0) is 37.0 Å². The molecule has 2 N–H and O–H groups in total. The topological polar surface area (TPSA) is 71.4 Å². The van der Waals surface area contributed by atoms with Crippen molar-refractivity contribution in [1.29, 1.82) is 5.26 Å². The summed E-state index contributed by atoms with van der Waals surface area (Å²) < 4.78 is 0. The Kier molecular flexibility index (Phi) is 6.12. The predicted octanol–water partition coefficient (Wildman–Crippen LogP) is 1.51. The van der Waals surface area contributed by atoms with Crippen molar-refractivity contribution in [2.45, 2.75) is 32.4 Å². The maximum absolute atomic E-state index is 12.4. The number of likely N-dealkylation sites (tertiary alicyclic amines) is 1. The van der Waals surface area contributed by atoms with Gasteiger partial charge in [-0.1, -0.05) is 19.1 Å². The molecule has 3 atom stereocenters. The minimum atomic E-state index is -0.152. The average molecular weight is 355 g/mol. The largest absolute Gasteiger partial charge is 0.369 e. The molecule has 0 saturated carbocycles. The van der Waals surface area contributed by atoms with Crippen molar-refractivity contribution in [1.82, 2.24) is 15.5 Å². The quantitative estimate of drug-likeness (QED) is 0.784. The Bertz CT molecular complexity index is 647. The van der Waals surface area contributed by atoms with Gasteiger partial charge in [0.2, 0.25) is 5.91 Å². The molecule has 0 radical (unpaired) electrons. The summed E-state index contributed by atoms with van der Waals surface area (Å²) in [5.41, 5.74) is 2.50. The van der Waals surface area contributed by atoms with E-state index in [1.807, 2.05) is 6.07 Å². The zero-order valence-corrected chi connectivity index (χ0v) is 15.7. The van der Waals surface area contributed by atoms with Crippen LogP contribution in [0.4, 0.5) is 5.69 Å². The lowest BCUT2D eigenvalue weighted by molar-refractivity contribution is -0.125. The maximum atomic E-state index is 12.4. The zero-order chi connectivity index (χ0) is 18.5. The van der Waals surface area contributed by atoms with Gasteiger partial charge in [-0.25, -0.2) is 0 Å². The second kappa shape index (κ2) is 8.52. The number of piperazine rings is 1. The first-order chi connectivity index (χ1) is 12.6. The van der Waals surface area contributed by atoms with E-state index in [9.17, 15) is 4.79 Å². The highest BCUT2D eigenvalue weighted by Gasteiger charge is 2.37. The molecule has 0 aromatic heterocycles. The van der Waals surface area contributed by atoms with Crippen molar-refractivity contribution < 1.29 is 4.79 Å². The smallest absolute Gasteiger partial charge is 0.238 e. The molecule has 6 heteroatoms. The lowest BCUT2D eigenvalue weighted by Crippen LogP contribution is -2.44. The van der Waals surface area contributed by atoms with Crippen molar-refractivity contribution in [3.63, 3.8) is 0 Å². The fraction of sp³-hybridized carbons (Fsp3) is 0.600. The van der Waals surface area contributed by atoms with Crippen molar-refractivity contribution in [2.75, 3.05) is 44.2 Å². The summed E-state index contributed by atoms with van der Waals surface area (Å²) >= 11 is 0. The predicted molar refractivity (Wildman–Crippen MR) is 103 cm³/mol. The second-order valence-electron chi connectivity index (χ2n) is 7.43. The Morgan fingerprint density at radius 3 is 2.69 bits per heavy atom. The van der Waals surface area contributed by atoms with Crippen molar-refractivity contribution >= 4 is 11.6 Å². The number of rotatable bonds is 5. The van der Waals surface area contributed by atoms with Gasteiger partial charge in [-0.15, -0.1) is 0 Å². The number of amides is 1. The van der Waals surface area contributed by atoms with E-state index in [2.05, 4.69) is 58.5 Å². The molecule has 6 nitrogen and oxygen atoms in total. The Hall–Kier alpha value is -2.10. The Balaban J connectivity index is 1.69. The minimum absolute atomic E-state index is 0.0276. The number of anilines is 1. The molecule has 26 heavy (non-hydrogen) atoms. The van der Waals surface area contributed by atoms with Gasteiger partial charge in [0.05, 0.1) is 12.1 Å². The van der Waals surface area contributed by atoms with Gasteiger partial charge < -0.3 is 15.5 Å². The number of nitrogens with zero attached hydrogens (tertiary/aromatic N) is 3. The Morgan fingerprint density at radius 1 is 1.35 bits per heavy atom. The van der Waals surface area contributed by atoms with E-state index in [1.165, 1.54) is 11.3 Å². The van der Waals surface area contributed by atoms with Gasteiger partial charge in [0.25, 0.3) is 0 Å². The number of hydrogen-bond donors (Lipinski definition) is 2. The minimum Gasteiger partial charge on any atom is -0.369 e. The maximum Gasteiger partial charge on any atom is 0.238 e. The van der Waals surface area contributed by atoms with E-state index >= 15 is 0 Å². The summed E-state index contributed by atoms with van der Waals surface area (Å²) in [6.07, 6.45) is 0.848. The summed E-state index contributed by atoms with van der Waals surface area (Å²) in [6.45, 7) is 9.48. The Morgan fingerprint density at radius 2 is 2.04 bits per heavy atom. The van der Waals surface area contributed by atoms with Crippen molar-refractivity contribution in [3.8, 4) is 6.07 Å². The van der Waals surface area contributed by atoms with Crippen molar-refractivity contribution in [3.05, 3.63) is 29.8 Å². The van der Waals surface area contributed by atoms with Crippen LogP contribution in [-0.2, 0) is 4.79 Å². The van der Waals surface area contributed by atoms with E-state index < -0.39 is 0 Å². The lowest BCUT2D eigenvalue weighted by atomic mass is 10.0. The molecule has 1 unspecified atom stereocenters. The molecule has 1 amide bonds. The van der Waals surface area contributed by atoms with Crippen LogP contribution in [0.3, 0.4) is 0 Å². The molecule has 2 fully saturated rings. The second-order valence-corrected chi connectivity index (χ2v) is 7.43. The number of hydrogen-bond acceptors (Lipinski definition) is 5. The number of nitrogens with one attached hydrogen (secondary N) is 2. The summed E-state index contributed by atoms with van der Waals surface area (Å²) in [4.78, 5) is 17.1. The van der Waals surface area contributed by atoms with Gasteiger partial charge in [-0.3, -0.25) is 9.69 Å². The van der Waals surface area contributed by atoms with E-state index in [0.29, 0.717) is 5.92 Å². The van der Waals surface area contributed by atoms with Crippen molar-refractivity contribution in [2.24, 2.45) is 5.92 Å². The molecular weight excluding hydrogens is 326 g/mol. The van der Waals surface area contributed by atoms with Crippen LogP contribution in [0.1, 0.15) is 31.9 Å². The van der Waals surface area contributed by atoms with Gasteiger partial charge in [0.15, 0.2) is 0 Å². The van der Waals surface area contributed by atoms with Crippen LogP contribution in [0.15, 0.2) is 24.3 Å². The summed E-state index contributed by atoms with van der Waals surface area (Å²) in [7, 11) is 0. The fourth-order valence-electron chi connectivity index (χ4n) is 4.09. The first kappa shape index (κ1) is 18.7. The highest BCUT2D eigenvalue weighted by Crippen LogP contribution is 2.32. The number of benzene rings is 1. The average Bonchev–Trinajstić information content (AvgIpc) is 3.08. The molecule has 3 rings (SSSR count). The molecule has 0 spiro atoms. The van der Waals surface area contributed by atoms with Gasteiger partial charge >= 0.3 is 0 Å². The zero-order valence-electron chi connectivity index (χ0n) is 15.7. The SMILES string of the molecule is CC1C[C@@H](C(=O)NCC#N)N([C@@H](C)c2ccc(N3CCNCC3)cc2)C1. The third-order valence-corrected chi connectivity index (χ3v) is 5.55. The highest BCUT2D eigenvalue weighted by molar-refractivity contribution is 5.82. The van der Waals surface area contributed by atoms with E-state index in [1.54, 1.807) is 0 Å². The van der Waals surface area contributed by atoms with Crippen LogP contribution >= 0.6 is 0 Å². The van der Waals surface area contributed by atoms with E-state index in [0.717, 1.165) is 39.1 Å². The third kappa shape index (κ3) is 4.17. The summed E-state index contributed by atoms with van der Waals surface area (Å²) in [6, 6.07) is 10.8. The molecule has 1 aromatic carbocycles. The monoisotopic (exact) mass is 355 g/mol. The van der Waals surface area contributed by atoms with Crippen LogP contribution in [0.2, 0.25) is 0 Å². The van der Waals surface area contributed by atoms with Crippen LogP contribution in [0, 0.1) is 17.2 Å². The first-order valence-corrected chi connectivity index (χ1v) is 9.56. The molecular formula is C20H29N5O. The van der Waals surface area contributed by atoms with E-state index in [-0.39, 0.29) is 24.5 Å². The van der Waals surface area contributed by atoms with Gasteiger partial charge in [0.1, 0.15) is 6.54 Å². The fourth-order valence-corrected chi connectivity index (χ4v) is 4.09. The highest BCUT2D eigenvalue weighted by atomic mass is 16.2. The molecule has 140 valence electrons. The Labute approximate surface area is 156 Å². The molecule has 2 aliphatic heterocycles. The summed E-state index contributed by atoms with van der Waals surface area (Å²) in [5.74, 6) is 0.454. The normalized spacial score (nSPS) is 24.9. The van der Waals surface area contributed by atoms with Gasteiger partial charge in [-0.2, -0.15) is 5.26 Å². The number of carbonyl (C=O) groups excluding carboxylic acids is 1. The molecule has 0 bridgehead atoms. The third-order valence-electron chi connectivity index (χ3n) is 5.55. The number of nitriles is 1. The van der Waals surface area contributed by atoms with Crippen LogP contribution in [-0.4, -0.2) is 56.1 Å². The number of carbonyl (C=O) groups is 1. The molecule has 2 aliphatic rings. The molecule has 1 aromatic rings. The molecule has 0 aliphatic carbocycles. The van der Waals surface area contributed by atoms with Gasteiger partial charge in [0, 0.05) is 44.5 Å². The molecule has 2 heterocycles. The van der Waals surface area contributed by atoms with Crippen LogP contribution in [0.5, 0.6) is 0 Å². The lowest BCUT2D eigenvalue weighted by Gasteiger charge is -2.32. The first-order valence-electron chi connectivity index (χ1n) is 9.56. The molecule has 2 saturated heterocycles. The van der Waals surface area contributed by atoms with Crippen LogP contribution in [0.25, 0.3) is 0 Å².